The van der Waals surface area contributed by atoms with Crippen molar-refractivity contribution < 1.29 is 27.9 Å². The number of carbonyl (C=O) groups is 2. The molecule has 23 heavy (non-hydrogen) atoms. The van der Waals surface area contributed by atoms with Gasteiger partial charge in [0.2, 0.25) is 5.76 Å². The summed E-state index contributed by atoms with van der Waals surface area (Å²) in [5, 5.41) is 3.06. The first-order chi connectivity index (χ1) is 10.9. The number of furan rings is 1. The fraction of sp³-hybridized carbons (Fsp3) is 0.375. The SMILES string of the molecule is COCCNC(=O)[C@@H](C)OC(=O)c1oc2ccc(F)cc2c1C. The summed E-state index contributed by atoms with van der Waals surface area (Å²) in [5.74, 6) is -1.67. The van der Waals surface area contributed by atoms with E-state index in [2.05, 4.69) is 5.32 Å². The first kappa shape index (κ1) is 17.0. The molecule has 6 nitrogen and oxygen atoms in total. The molecule has 2 rings (SSSR count). The third-order valence-electron chi connectivity index (χ3n) is 3.34. The number of halogens is 1. The molecule has 0 unspecified atom stereocenters. The first-order valence-corrected chi connectivity index (χ1v) is 7.10. The Bertz CT molecular complexity index is 725. The van der Waals surface area contributed by atoms with Crippen molar-refractivity contribution in [2.45, 2.75) is 20.0 Å². The number of benzene rings is 1. The Kier molecular flexibility index (Phi) is 5.33. The van der Waals surface area contributed by atoms with Gasteiger partial charge in [-0.25, -0.2) is 9.18 Å². The lowest BCUT2D eigenvalue weighted by molar-refractivity contribution is -0.129. The number of carbonyl (C=O) groups excluding carboxylic acids is 2. The van der Waals surface area contributed by atoms with E-state index in [1.165, 1.54) is 32.2 Å². The van der Waals surface area contributed by atoms with Crippen LogP contribution in [-0.4, -0.2) is 38.2 Å². The van der Waals surface area contributed by atoms with E-state index in [0.29, 0.717) is 29.7 Å². The molecule has 1 N–H and O–H groups in total. The fourth-order valence-electron chi connectivity index (χ4n) is 2.08. The van der Waals surface area contributed by atoms with Crippen molar-refractivity contribution in [3.05, 3.63) is 35.3 Å². The number of methoxy groups -OCH3 is 1. The van der Waals surface area contributed by atoms with Crippen LogP contribution in [0.25, 0.3) is 11.0 Å². The van der Waals surface area contributed by atoms with E-state index < -0.39 is 23.8 Å². The van der Waals surface area contributed by atoms with Crippen LogP contribution in [0.4, 0.5) is 4.39 Å². The predicted octanol–water partition coefficient (Wildman–Crippen LogP) is 2.19. The van der Waals surface area contributed by atoms with E-state index in [-0.39, 0.29) is 5.76 Å². The average Bonchev–Trinajstić information content (AvgIpc) is 2.84. The molecule has 0 fully saturated rings. The van der Waals surface area contributed by atoms with Crippen molar-refractivity contribution in [1.29, 1.82) is 0 Å². The summed E-state index contributed by atoms with van der Waals surface area (Å²) >= 11 is 0. The number of ether oxygens (including phenoxy) is 2. The number of esters is 1. The standard InChI is InChI=1S/C16H18FNO5/c1-9-12-8-11(17)4-5-13(12)23-14(9)16(20)22-10(2)15(19)18-6-7-21-3/h4-5,8,10H,6-7H2,1-3H3,(H,18,19)/t10-/m1/s1. The van der Waals surface area contributed by atoms with E-state index in [1.807, 2.05) is 0 Å². The van der Waals surface area contributed by atoms with Crippen LogP contribution in [-0.2, 0) is 14.3 Å². The van der Waals surface area contributed by atoms with Crippen LogP contribution in [0, 0.1) is 12.7 Å². The van der Waals surface area contributed by atoms with Crippen LogP contribution in [0.2, 0.25) is 0 Å². The lowest BCUT2D eigenvalue weighted by Crippen LogP contribution is -2.37. The maximum atomic E-state index is 13.3. The molecule has 0 aliphatic rings. The summed E-state index contributed by atoms with van der Waals surface area (Å²) in [6, 6.07) is 3.97. The quantitative estimate of drug-likeness (QED) is 0.651. The minimum absolute atomic E-state index is 0.0397. The van der Waals surface area contributed by atoms with Crippen LogP contribution in [0.15, 0.2) is 22.6 Å². The number of fused-ring (bicyclic) bond motifs is 1. The van der Waals surface area contributed by atoms with Gasteiger partial charge >= 0.3 is 5.97 Å². The van der Waals surface area contributed by atoms with Gasteiger partial charge in [-0.1, -0.05) is 0 Å². The Morgan fingerprint density at radius 1 is 1.39 bits per heavy atom. The predicted molar refractivity (Wildman–Crippen MR) is 80.7 cm³/mol. The molecule has 1 aromatic heterocycles. The molecule has 0 aliphatic heterocycles. The molecule has 7 heteroatoms. The molecule has 0 saturated carbocycles. The highest BCUT2D eigenvalue weighted by molar-refractivity contribution is 5.97. The Balaban J connectivity index is 2.08. The minimum atomic E-state index is -0.983. The molecule has 2 aromatic rings. The van der Waals surface area contributed by atoms with E-state index in [9.17, 15) is 14.0 Å². The molecular formula is C16H18FNO5. The molecule has 0 spiro atoms. The highest BCUT2D eigenvalue weighted by Gasteiger charge is 2.24. The van der Waals surface area contributed by atoms with Crippen LogP contribution >= 0.6 is 0 Å². The highest BCUT2D eigenvalue weighted by atomic mass is 19.1. The average molecular weight is 323 g/mol. The van der Waals surface area contributed by atoms with Gasteiger partial charge in [-0.2, -0.15) is 0 Å². The lowest BCUT2D eigenvalue weighted by atomic mass is 10.1. The fourth-order valence-corrected chi connectivity index (χ4v) is 2.08. The molecule has 0 aliphatic carbocycles. The summed E-state index contributed by atoms with van der Waals surface area (Å²) in [6.45, 7) is 3.77. The summed E-state index contributed by atoms with van der Waals surface area (Å²) in [4.78, 5) is 23.9. The minimum Gasteiger partial charge on any atom is -0.449 e. The largest absolute Gasteiger partial charge is 0.449 e. The number of rotatable bonds is 6. The van der Waals surface area contributed by atoms with Gasteiger partial charge in [0.25, 0.3) is 5.91 Å². The Morgan fingerprint density at radius 3 is 2.83 bits per heavy atom. The maximum Gasteiger partial charge on any atom is 0.375 e. The molecule has 1 atom stereocenters. The second-order valence-corrected chi connectivity index (χ2v) is 5.03. The van der Waals surface area contributed by atoms with Crippen LogP contribution in [0.3, 0.4) is 0 Å². The van der Waals surface area contributed by atoms with Gasteiger partial charge in [-0.15, -0.1) is 0 Å². The number of hydrogen-bond donors (Lipinski definition) is 1. The van der Waals surface area contributed by atoms with E-state index in [4.69, 9.17) is 13.9 Å². The van der Waals surface area contributed by atoms with Crippen molar-refractivity contribution in [2.24, 2.45) is 0 Å². The van der Waals surface area contributed by atoms with Crippen LogP contribution < -0.4 is 5.32 Å². The Morgan fingerprint density at radius 2 is 2.13 bits per heavy atom. The molecule has 1 amide bonds. The van der Waals surface area contributed by atoms with E-state index >= 15 is 0 Å². The van der Waals surface area contributed by atoms with Gasteiger partial charge in [0.15, 0.2) is 6.10 Å². The molecule has 0 bridgehead atoms. The third-order valence-corrected chi connectivity index (χ3v) is 3.34. The number of amides is 1. The molecule has 0 radical (unpaired) electrons. The number of hydrogen-bond acceptors (Lipinski definition) is 5. The van der Waals surface area contributed by atoms with Crippen molar-refractivity contribution in [2.75, 3.05) is 20.3 Å². The van der Waals surface area contributed by atoms with Crippen molar-refractivity contribution in [1.82, 2.24) is 5.32 Å². The number of aryl methyl sites for hydroxylation is 1. The smallest absolute Gasteiger partial charge is 0.375 e. The summed E-state index contributed by atoms with van der Waals surface area (Å²) in [6.07, 6.45) is -0.983. The second kappa shape index (κ2) is 7.23. The Labute approximate surface area is 132 Å². The maximum absolute atomic E-state index is 13.3. The zero-order valence-corrected chi connectivity index (χ0v) is 13.1. The number of nitrogens with one attached hydrogen (secondary N) is 1. The van der Waals surface area contributed by atoms with Crippen molar-refractivity contribution >= 4 is 22.8 Å². The summed E-state index contributed by atoms with van der Waals surface area (Å²) < 4.78 is 28.6. The Hall–Kier alpha value is -2.41. The molecule has 124 valence electrons. The van der Waals surface area contributed by atoms with Crippen molar-refractivity contribution in [3.63, 3.8) is 0 Å². The van der Waals surface area contributed by atoms with Gasteiger partial charge in [0.1, 0.15) is 11.4 Å². The van der Waals surface area contributed by atoms with E-state index in [1.54, 1.807) is 6.92 Å². The topological polar surface area (TPSA) is 77.8 Å². The monoisotopic (exact) mass is 323 g/mol. The second-order valence-electron chi connectivity index (χ2n) is 5.03. The molecule has 1 aromatic carbocycles. The lowest BCUT2D eigenvalue weighted by Gasteiger charge is -2.12. The van der Waals surface area contributed by atoms with Gasteiger partial charge < -0.3 is 19.2 Å². The van der Waals surface area contributed by atoms with E-state index in [0.717, 1.165) is 0 Å². The van der Waals surface area contributed by atoms with Gasteiger partial charge in [0.05, 0.1) is 6.61 Å². The molecule has 1 heterocycles. The van der Waals surface area contributed by atoms with Crippen LogP contribution in [0.5, 0.6) is 0 Å². The van der Waals surface area contributed by atoms with Gasteiger partial charge in [-0.3, -0.25) is 4.79 Å². The summed E-state index contributed by atoms with van der Waals surface area (Å²) in [5.41, 5.74) is 0.851. The highest BCUT2D eigenvalue weighted by Crippen LogP contribution is 2.26. The van der Waals surface area contributed by atoms with Gasteiger partial charge in [0, 0.05) is 24.6 Å². The first-order valence-electron chi connectivity index (χ1n) is 7.10. The van der Waals surface area contributed by atoms with Gasteiger partial charge in [-0.05, 0) is 32.0 Å². The molecular weight excluding hydrogens is 305 g/mol. The van der Waals surface area contributed by atoms with Crippen molar-refractivity contribution in [3.8, 4) is 0 Å². The third kappa shape index (κ3) is 3.87. The zero-order chi connectivity index (χ0) is 17.0. The summed E-state index contributed by atoms with van der Waals surface area (Å²) in [7, 11) is 1.52. The van der Waals surface area contributed by atoms with Crippen LogP contribution in [0.1, 0.15) is 23.0 Å². The normalized spacial score (nSPS) is 12.2. The zero-order valence-electron chi connectivity index (χ0n) is 13.1. The molecule has 0 saturated heterocycles.